The fourth-order valence-corrected chi connectivity index (χ4v) is 2.39. The van der Waals surface area contributed by atoms with Gasteiger partial charge >= 0.3 is 0 Å². The van der Waals surface area contributed by atoms with Crippen molar-refractivity contribution in [3.63, 3.8) is 0 Å². The molecule has 18 heavy (non-hydrogen) atoms. The largest absolute Gasteiger partial charge is 0.313 e. The van der Waals surface area contributed by atoms with E-state index in [2.05, 4.69) is 61.7 Å². The highest BCUT2D eigenvalue weighted by atomic mass is 14.8. The lowest BCUT2D eigenvalue weighted by molar-refractivity contribution is 0.638. The molecule has 0 saturated carbocycles. The maximum atomic E-state index is 3.53. The second kappa shape index (κ2) is 6.55. The summed E-state index contributed by atoms with van der Waals surface area (Å²) in [5, 5.41) is 3.53. The molecule has 1 heteroatoms. The van der Waals surface area contributed by atoms with E-state index in [4.69, 9.17) is 0 Å². The first kappa shape index (κ1) is 13.1. The molecule has 2 rings (SSSR count). The summed E-state index contributed by atoms with van der Waals surface area (Å²) in [5.41, 5.74) is 4.23. The Morgan fingerprint density at radius 3 is 2.78 bits per heavy atom. The number of rotatable bonds is 6. The molecule has 0 radical (unpaired) electrons. The van der Waals surface area contributed by atoms with Crippen LogP contribution in [0.5, 0.6) is 0 Å². The summed E-state index contributed by atoms with van der Waals surface area (Å²) in [6, 6.07) is 8.76. The van der Waals surface area contributed by atoms with Crippen LogP contribution in [0.2, 0.25) is 0 Å². The molecule has 1 N–H and O–H groups in total. The van der Waals surface area contributed by atoms with Gasteiger partial charge in [0.15, 0.2) is 0 Å². The van der Waals surface area contributed by atoms with Gasteiger partial charge in [-0.1, -0.05) is 61.4 Å². The Kier molecular flexibility index (Phi) is 4.77. The fourth-order valence-electron chi connectivity index (χ4n) is 2.39. The van der Waals surface area contributed by atoms with Crippen LogP contribution in [-0.2, 0) is 6.54 Å². The van der Waals surface area contributed by atoms with Gasteiger partial charge in [0.25, 0.3) is 0 Å². The zero-order chi connectivity index (χ0) is 12.8. The molecule has 1 aliphatic carbocycles. The van der Waals surface area contributed by atoms with Gasteiger partial charge in [-0.05, 0) is 31.0 Å². The normalized spacial score (nSPS) is 18.1. The Balaban J connectivity index is 2.04. The van der Waals surface area contributed by atoms with Crippen LogP contribution in [0, 0.1) is 0 Å². The van der Waals surface area contributed by atoms with Gasteiger partial charge in [0.1, 0.15) is 0 Å². The summed E-state index contributed by atoms with van der Waals surface area (Å²) in [7, 11) is 0. The molecule has 0 aromatic heterocycles. The highest BCUT2D eigenvalue weighted by molar-refractivity contribution is 5.42. The maximum absolute atomic E-state index is 3.53. The molecule has 96 valence electrons. The molecule has 1 aliphatic rings. The minimum Gasteiger partial charge on any atom is -0.313 e. The molecular weight excluding hydrogens is 218 g/mol. The van der Waals surface area contributed by atoms with Gasteiger partial charge in [-0.2, -0.15) is 0 Å². The molecule has 0 bridgehead atoms. The van der Waals surface area contributed by atoms with Crippen molar-refractivity contribution in [3.05, 3.63) is 59.2 Å². The minimum atomic E-state index is 0.467. The molecule has 0 amide bonds. The lowest BCUT2D eigenvalue weighted by Gasteiger charge is -2.13. The SMILES string of the molecule is CCCCNCc1ccccc1C1C=CC(C)=C1. The van der Waals surface area contributed by atoms with Crippen LogP contribution in [0.4, 0.5) is 0 Å². The summed E-state index contributed by atoms with van der Waals surface area (Å²) >= 11 is 0. The van der Waals surface area contributed by atoms with Gasteiger partial charge in [0, 0.05) is 12.5 Å². The molecule has 0 aliphatic heterocycles. The number of unbranched alkanes of at least 4 members (excludes halogenated alkanes) is 1. The monoisotopic (exact) mass is 241 g/mol. The van der Waals surface area contributed by atoms with E-state index in [1.54, 1.807) is 0 Å². The quantitative estimate of drug-likeness (QED) is 0.737. The number of allylic oxidation sites excluding steroid dienone is 4. The summed E-state index contributed by atoms with van der Waals surface area (Å²) in [6.45, 7) is 6.48. The molecule has 1 unspecified atom stereocenters. The van der Waals surface area contributed by atoms with Gasteiger partial charge in [0.05, 0.1) is 0 Å². The van der Waals surface area contributed by atoms with Crippen molar-refractivity contribution >= 4 is 0 Å². The van der Waals surface area contributed by atoms with Crippen LogP contribution >= 0.6 is 0 Å². The summed E-state index contributed by atoms with van der Waals surface area (Å²) in [5.74, 6) is 0.467. The lowest BCUT2D eigenvalue weighted by Crippen LogP contribution is -2.16. The van der Waals surface area contributed by atoms with Crippen LogP contribution < -0.4 is 5.32 Å². The molecule has 1 nitrogen and oxygen atoms in total. The zero-order valence-corrected chi connectivity index (χ0v) is 11.4. The van der Waals surface area contributed by atoms with Crippen molar-refractivity contribution in [1.29, 1.82) is 0 Å². The number of hydrogen-bond acceptors (Lipinski definition) is 1. The number of nitrogens with one attached hydrogen (secondary N) is 1. The fraction of sp³-hybridized carbons (Fsp3) is 0.412. The number of hydrogen-bond donors (Lipinski definition) is 1. The molecule has 0 spiro atoms. The van der Waals surface area contributed by atoms with Crippen molar-refractivity contribution < 1.29 is 0 Å². The molecule has 1 aromatic carbocycles. The third-order valence-electron chi connectivity index (χ3n) is 3.45. The minimum absolute atomic E-state index is 0.467. The number of benzene rings is 1. The highest BCUT2D eigenvalue weighted by Gasteiger charge is 2.12. The molecular formula is C17H23N. The van der Waals surface area contributed by atoms with E-state index in [0.29, 0.717) is 5.92 Å². The van der Waals surface area contributed by atoms with E-state index in [0.717, 1.165) is 13.1 Å². The standard InChI is InChI=1S/C17H23N/c1-3-4-11-18-13-16-7-5-6-8-17(16)15-10-9-14(2)12-15/h5-10,12,15,18H,3-4,11,13H2,1-2H3. The second-order valence-corrected chi connectivity index (χ2v) is 5.02. The first-order valence-corrected chi connectivity index (χ1v) is 6.96. The summed E-state index contributed by atoms with van der Waals surface area (Å²) in [4.78, 5) is 0. The van der Waals surface area contributed by atoms with Crippen molar-refractivity contribution in [2.24, 2.45) is 0 Å². The van der Waals surface area contributed by atoms with E-state index in [1.807, 2.05) is 0 Å². The van der Waals surface area contributed by atoms with Gasteiger partial charge in [-0.3, -0.25) is 0 Å². The zero-order valence-electron chi connectivity index (χ0n) is 11.4. The average Bonchev–Trinajstić information content (AvgIpc) is 2.82. The summed E-state index contributed by atoms with van der Waals surface area (Å²) in [6.07, 6.45) is 9.35. The topological polar surface area (TPSA) is 12.0 Å². The molecule has 1 aromatic rings. The van der Waals surface area contributed by atoms with Gasteiger partial charge in [-0.15, -0.1) is 0 Å². The van der Waals surface area contributed by atoms with Gasteiger partial charge in [0.2, 0.25) is 0 Å². The maximum Gasteiger partial charge on any atom is 0.0210 e. The molecule has 1 atom stereocenters. The van der Waals surface area contributed by atoms with Crippen molar-refractivity contribution in [1.82, 2.24) is 5.32 Å². The highest BCUT2D eigenvalue weighted by Crippen LogP contribution is 2.28. The Bertz CT molecular complexity index is 443. The van der Waals surface area contributed by atoms with E-state index in [1.165, 1.54) is 29.5 Å². The van der Waals surface area contributed by atoms with Crippen LogP contribution in [0.3, 0.4) is 0 Å². The lowest BCUT2D eigenvalue weighted by atomic mass is 9.95. The van der Waals surface area contributed by atoms with Crippen LogP contribution in [-0.4, -0.2) is 6.54 Å². The third-order valence-corrected chi connectivity index (χ3v) is 3.45. The van der Waals surface area contributed by atoms with Crippen LogP contribution in [0.1, 0.15) is 43.7 Å². The molecule has 0 saturated heterocycles. The van der Waals surface area contributed by atoms with Crippen molar-refractivity contribution in [2.45, 2.75) is 39.2 Å². The van der Waals surface area contributed by atoms with E-state index in [9.17, 15) is 0 Å². The van der Waals surface area contributed by atoms with Gasteiger partial charge in [-0.25, -0.2) is 0 Å². The smallest absolute Gasteiger partial charge is 0.0210 e. The first-order chi connectivity index (χ1) is 8.81. The van der Waals surface area contributed by atoms with Gasteiger partial charge < -0.3 is 5.32 Å². The first-order valence-electron chi connectivity index (χ1n) is 6.96. The predicted molar refractivity (Wildman–Crippen MR) is 78.7 cm³/mol. The molecule has 0 heterocycles. The average molecular weight is 241 g/mol. The Hall–Kier alpha value is -1.34. The summed E-state index contributed by atoms with van der Waals surface area (Å²) < 4.78 is 0. The van der Waals surface area contributed by atoms with Crippen LogP contribution in [0.15, 0.2) is 48.1 Å². The molecule has 0 fully saturated rings. The second-order valence-electron chi connectivity index (χ2n) is 5.02. The van der Waals surface area contributed by atoms with E-state index >= 15 is 0 Å². The third kappa shape index (κ3) is 3.33. The van der Waals surface area contributed by atoms with Crippen LogP contribution in [0.25, 0.3) is 0 Å². The Morgan fingerprint density at radius 1 is 1.22 bits per heavy atom. The Labute approximate surface area is 111 Å². The van der Waals surface area contributed by atoms with Crippen molar-refractivity contribution in [2.75, 3.05) is 6.54 Å². The van der Waals surface area contributed by atoms with E-state index in [-0.39, 0.29) is 0 Å². The van der Waals surface area contributed by atoms with Crippen molar-refractivity contribution in [3.8, 4) is 0 Å². The Morgan fingerprint density at radius 2 is 2.06 bits per heavy atom. The van der Waals surface area contributed by atoms with E-state index < -0.39 is 0 Å². The predicted octanol–water partition coefficient (Wildman–Crippen LogP) is 4.18.